The molecule has 0 aliphatic carbocycles. The average molecular weight is 227 g/mol. The predicted octanol–water partition coefficient (Wildman–Crippen LogP) is 2.86. The van der Waals surface area contributed by atoms with Gasteiger partial charge in [-0.3, -0.25) is 0 Å². The molecular formula is C12H15F2NO. The Hall–Kier alpha value is -1.16. The van der Waals surface area contributed by atoms with E-state index in [1.165, 1.54) is 12.1 Å². The van der Waals surface area contributed by atoms with Gasteiger partial charge in [0.2, 0.25) is 0 Å². The molecule has 0 bridgehead atoms. The van der Waals surface area contributed by atoms with Gasteiger partial charge in [0.05, 0.1) is 0 Å². The largest absolute Gasteiger partial charge is 0.381 e. The lowest BCUT2D eigenvalue weighted by Gasteiger charge is -2.24. The summed E-state index contributed by atoms with van der Waals surface area (Å²) < 4.78 is 32.3. The van der Waals surface area contributed by atoms with Gasteiger partial charge < -0.3 is 10.1 Å². The van der Waals surface area contributed by atoms with Crippen molar-refractivity contribution in [3.8, 4) is 0 Å². The first kappa shape index (κ1) is 11.3. The van der Waals surface area contributed by atoms with Gasteiger partial charge in [0, 0.05) is 19.3 Å². The summed E-state index contributed by atoms with van der Waals surface area (Å²) in [6.45, 7) is 2.92. The monoisotopic (exact) mass is 227 g/mol. The average Bonchev–Trinajstić information content (AvgIpc) is 2.31. The molecule has 0 saturated carbocycles. The lowest BCUT2D eigenvalue weighted by Crippen LogP contribution is -2.28. The van der Waals surface area contributed by atoms with Gasteiger partial charge >= 0.3 is 0 Å². The minimum Gasteiger partial charge on any atom is -0.381 e. The summed E-state index contributed by atoms with van der Waals surface area (Å²) in [6.07, 6.45) is 1.57. The number of aryl methyl sites for hydroxylation is 1. The van der Waals surface area contributed by atoms with Crippen molar-refractivity contribution in [2.75, 3.05) is 18.5 Å². The zero-order valence-corrected chi connectivity index (χ0v) is 9.22. The second-order valence-electron chi connectivity index (χ2n) is 4.08. The van der Waals surface area contributed by atoms with Crippen LogP contribution in [0.1, 0.15) is 18.4 Å². The van der Waals surface area contributed by atoms with Crippen molar-refractivity contribution in [2.24, 2.45) is 0 Å². The van der Waals surface area contributed by atoms with E-state index in [1.54, 1.807) is 6.92 Å². The molecule has 16 heavy (non-hydrogen) atoms. The van der Waals surface area contributed by atoms with E-state index in [0.717, 1.165) is 12.8 Å². The van der Waals surface area contributed by atoms with Crippen LogP contribution in [0.4, 0.5) is 14.5 Å². The van der Waals surface area contributed by atoms with Crippen LogP contribution in [-0.2, 0) is 4.74 Å². The Bertz CT molecular complexity index is 376. The van der Waals surface area contributed by atoms with Crippen molar-refractivity contribution in [1.82, 2.24) is 0 Å². The quantitative estimate of drug-likeness (QED) is 0.838. The maximum Gasteiger partial charge on any atom is 0.152 e. The number of nitrogens with one attached hydrogen (secondary N) is 1. The van der Waals surface area contributed by atoms with E-state index in [4.69, 9.17) is 4.74 Å². The third-order valence-electron chi connectivity index (χ3n) is 2.85. The molecule has 2 nitrogen and oxygen atoms in total. The van der Waals surface area contributed by atoms with Gasteiger partial charge in [0.15, 0.2) is 5.82 Å². The van der Waals surface area contributed by atoms with Crippen molar-refractivity contribution in [3.05, 3.63) is 29.3 Å². The molecule has 2 rings (SSSR count). The van der Waals surface area contributed by atoms with Gasteiger partial charge in [-0.2, -0.15) is 0 Å². The minimum atomic E-state index is -0.533. The molecule has 1 aromatic carbocycles. The molecule has 1 aliphatic heterocycles. The predicted molar refractivity (Wildman–Crippen MR) is 58.6 cm³/mol. The maximum atomic E-state index is 13.7. The Morgan fingerprint density at radius 1 is 1.25 bits per heavy atom. The van der Waals surface area contributed by atoms with Crippen LogP contribution in [0.5, 0.6) is 0 Å². The Balaban J connectivity index is 2.16. The molecule has 1 N–H and O–H groups in total. The lowest BCUT2D eigenvalue weighted by atomic mass is 10.1. The zero-order chi connectivity index (χ0) is 11.5. The van der Waals surface area contributed by atoms with E-state index in [0.29, 0.717) is 18.8 Å². The van der Waals surface area contributed by atoms with Crippen molar-refractivity contribution >= 4 is 5.69 Å². The van der Waals surface area contributed by atoms with Crippen LogP contribution >= 0.6 is 0 Å². The third-order valence-corrected chi connectivity index (χ3v) is 2.85. The number of hydrogen-bond donors (Lipinski definition) is 1. The Morgan fingerprint density at radius 2 is 1.94 bits per heavy atom. The first-order chi connectivity index (χ1) is 7.68. The van der Waals surface area contributed by atoms with Crippen LogP contribution in [0.3, 0.4) is 0 Å². The topological polar surface area (TPSA) is 21.3 Å². The second kappa shape index (κ2) is 4.78. The molecule has 0 aromatic heterocycles. The van der Waals surface area contributed by atoms with Crippen molar-refractivity contribution in [2.45, 2.75) is 25.8 Å². The summed E-state index contributed by atoms with van der Waals surface area (Å²) in [4.78, 5) is 0. The smallest absolute Gasteiger partial charge is 0.152 e. The van der Waals surface area contributed by atoms with E-state index in [9.17, 15) is 8.78 Å². The molecule has 4 heteroatoms. The van der Waals surface area contributed by atoms with Crippen molar-refractivity contribution in [1.29, 1.82) is 0 Å². The summed E-state index contributed by atoms with van der Waals surface area (Å²) in [7, 11) is 0. The first-order valence-corrected chi connectivity index (χ1v) is 5.47. The first-order valence-electron chi connectivity index (χ1n) is 5.47. The molecule has 1 aliphatic rings. The van der Waals surface area contributed by atoms with Gasteiger partial charge in [-0.25, -0.2) is 8.78 Å². The van der Waals surface area contributed by atoms with E-state index in [2.05, 4.69) is 5.32 Å². The van der Waals surface area contributed by atoms with E-state index < -0.39 is 11.6 Å². The normalized spacial score (nSPS) is 17.4. The van der Waals surface area contributed by atoms with Crippen LogP contribution in [-0.4, -0.2) is 19.3 Å². The van der Waals surface area contributed by atoms with E-state index in [-0.39, 0.29) is 11.7 Å². The summed E-state index contributed by atoms with van der Waals surface area (Å²) in [5.41, 5.74) is 0.447. The van der Waals surface area contributed by atoms with Crippen LogP contribution in [0.25, 0.3) is 0 Å². The summed E-state index contributed by atoms with van der Waals surface area (Å²) in [5.74, 6) is -1.03. The molecule has 1 aromatic rings. The van der Waals surface area contributed by atoms with Crippen LogP contribution in [0.15, 0.2) is 12.1 Å². The number of rotatable bonds is 2. The van der Waals surface area contributed by atoms with Crippen molar-refractivity contribution < 1.29 is 13.5 Å². The van der Waals surface area contributed by atoms with Gasteiger partial charge in [0.25, 0.3) is 0 Å². The van der Waals surface area contributed by atoms with Crippen LogP contribution < -0.4 is 5.32 Å². The standard InChI is InChI=1S/C12H15F2NO/c1-8-2-3-10(13)12(11(8)14)15-9-4-6-16-7-5-9/h2-3,9,15H,4-7H2,1H3. The molecule has 0 unspecified atom stereocenters. The Morgan fingerprint density at radius 3 is 2.62 bits per heavy atom. The number of halogens is 2. The fourth-order valence-corrected chi connectivity index (χ4v) is 1.84. The summed E-state index contributed by atoms with van der Waals surface area (Å²) >= 11 is 0. The van der Waals surface area contributed by atoms with Crippen LogP contribution in [0.2, 0.25) is 0 Å². The van der Waals surface area contributed by atoms with Crippen LogP contribution in [0, 0.1) is 18.6 Å². The lowest BCUT2D eigenvalue weighted by molar-refractivity contribution is 0.0903. The highest BCUT2D eigenvalue weighted by molar-refractivity contribution is 5.49. The third kappa shape index (κ3) is 2.32. The fourth-order valence-electron chi connectivity index (χ4n) is 1.84. The molecular weight excluding hydrogens is 212 g/mol. The van der Waals surface area contributed by atoms with E-state index >= 15 is 0 Å². The molecule has 1 fully saturated rings. The molecule has 1 heterocycles. The molecule has 0 amide bonds. The summed E-state index contributed by atoms with van der Waals surface area (Å²) in [6, 6.07) is 2.83. The van der Waals surface area contributed by atoms with Gasteiger partial charge in [-0.1, -0.05) is 6.07 Å². The highest BCUT2D eigenvalue weighted by Crippen LogP contribution is 2.24. The zero-order valence-electron chi connectivity index (χ0n) is 9.22. The number of hydrogen-bond acceptors (Lipinski definition) is 2. The number of anilines is 1. The van der Waals surface area contributed by atoms with E-state index in [1.807, 2.05) is 0 Å². The number of ether oxygens (including phenoxy) is 1. The number of benzene rings is 1. The fraction of sp³-hybridized carbons (Fsp3) is 0.500. The van der Waals surface area contributed by atoms with Gasteiger partial charge in [0.1, 0.15) is 11.5 Å². The SMILES string of the molecule is Cc1ccc(F)c(NC2CCOCC2)c1F. The van der Waals surface area contributed by atoms with Gasteiger partial charge in [-0.05, 0) is 31.4 Å². The Labute approximate surface area is 93.6 Å². The molecule has 1 saturated heterocycles. The molecule has 88 valence electrons. The summed E-state index contributed by atoms with van der Waals surface area (Å²) in [5, 5.41) is 2.93. The Kier molecular flexibility index (Phi) is 3.39. The second-order valence-corrected chi connectivity index (χ2v) is 4.08. The van der Waals surface area contributed by atoms with Gasteiger partial charge in [-0.15, -0.1) is 0 Å². The minimum absolute atomic E-state index is 0.00750. The maximum absolute atomic E-state index is 13.7. The molecule has 0 spiro atoms. The highest BCUT2D eigenvalue weighted by Gasteiger charge is 2.18. The molecule has 0 radical (unpaired) electrons. The molecule has 0 atom stereocenters. The van der Waals surface area contributed by atoms with Crippen molar-refractivity contribution in [3.63, 3.8) is 0 Å². The highest BCUT2D eigenvalue weighted by atomic mass is 19.1.